The predicted molar refractivity (Wildman–Crippen MR) is 117 cm³/mol. The van der Waals surface area contributed by atoms with Gasteiger partial charge in [-0.05, 0) is 43.3 Å². The largest absolute Gasteiger partial charge is 0.493 e. The van der Waals surface area contributed by atoms with Crippen molar-refractivity contribution in [2.75, 3.05) is 37.4 Å². The zero-order valence-electron chi connectivity index (χ0n) is 17.5. The normalized spacial score (nSPS) is 12.8. The van der Waals surface area contributed by atoms with Gasteiger partial charge in [-0.1, -0.05) is 31.5 Å². The minimum absolute atomic E-state index is 0.0836. The highest BCUT2D eigenvalue weighted by molar-refractivity contribution is 5.90. The lowest BCUT2D eigenvalue weighted by molar-refractivity contribution is 0.0925. The van der Waals surface area contributed by atoms with Crippen molar-refractivity contribution in [3.05, 3.63) is 54.1 Å². The van der Waals surface area contributed by atoms with Crippen molar-refractivity contribution in [3.8, 4) is 5.75 Å². The van der Waals surface area contributed by atoms with Crippen LogP contribution in [0, 0.1) is 12.8 Å². The molecule has 0 aliphatic carbocycles. The number of nitrogens with zero attached hydrogens (tertiary/aromatic N) is 1. The van der Waals surface area contributed by atoms with Crippen molar-refractivity contribution in [1.29, 1.82) is 0 Å². The summed E-state index contributed by atoms with van der Waals surface area (Å²) in [5, 5.41) is 8.08. The number of carbonyl (C=O) groups is 2. The van der Waals surface area contributed by atoms with Gasteiger partial charge < -0.3 is 25.6 Å². The van der Waals surface area contributed by atoms with E-state index in [9.17, 15) is 9.59 Å². The summed E-state index contributed by atoms with van der Waals surface area (Å²) in [5.41, 5.74) is 2.66. The number of ether oxygens (including phenoxy) is 1. The van der Waals surface area contributed by atoms with Crippen molar-refractivity contribution < 1.29 is 14.3 Å². The number of nitrogens with one attached hydrogen (secondary N) is 3. The van der Waals surface area contributed by atoms with Gasteiger partial charge in [-0.2, -0.15) is 0 Å². The third-order valence-electron chi connectivity index (χ3n) is 4.37. The fourth-order valence-electron chi connectivity index (χ4n) is 2.72. The minimum Gasteiger partial charge on any atom is -0.493 e. The molecule has 29 heavy (non-hydrogen) atoms. The van der Waals surface area contributed by atoms with Crippen LogP contribution < -0.4 is 20.7 Å². The molecule has 7 heteroatoms. The van der Waals surface area contributed by atoms with Gasteiger partial charge in [0.05, 0.1) is 6.61 Å². The maximum atomic E-state index is 12.2. The summed E-state index contributed by atoms with van der Waals surface area (Å²) in [5.74, 6) is 1.05. The highest BCUT2D eigenvalue weighted by Crippen LogP contribution is 2.21. The highest BCUT2D eigenvalue weighted by Gasteiger charge is 2.31. The zero-order valence-corrected chi connectivity index (χ0v) is 17.5. The van der Waals surface area contributed by atoms with Gasteiger partial charge in [-0.3, -0.25) is 0 Å². The van der Waals surface area contributed by atoms with Gasteiger partial charge >= 0.3 is 12.1 Å². The van der Waals surface area contributed by atoms with Crippen LogP contribution in [-0.2, 0) is 0 Å². The maximum absolute atomic E-state index is 12.2. The van der Waals surface area contributed by atoms with Gasteiger partial charge in [-0.15, -0.1) is 0 Å². The molecule has 0 spiro atoms. The van der Waals surface area contributed by atoms with Gasteiger partial charge in [0.1, 0.15) is 5.75 Å². The number of urea groups is 2. The summed E-state index contributed by atoms with van der Waals surface area (Å²) < 4.78 is 5.77. The van der Waals surface area contributed by atoms with Crippen molar-refractivity contribution in [1.82, 2.24) is 10.2 Å². The Morgan fingerprint density at radius 1 is 0.966 bits per heavy atom. The average Bonchev–Trinajstić information content (AvgIpc) is 2.71. The first kappa shape index (κ1) is 22.1. The maximum Gasteiger partial charge on any atom is 0.321 e. The summed E-state index contributed by atoms with van der Waals surface area (Å²) in [4.78, 5) is 25.2. The Morgan fingerprint density at radius 2 is 1.52 bits per heavy atom. The minimum atomic E-state index is -0.262. The molecule has 0 saturated carbocycles. The van der Waals surface area contributed by atoms with Crippen LogP contribution in [0.5, 0.6) is 5.75 Å². The van der Waals surface area contributed by atoms with Gasteiger partial charge in [-0.25, -0.2) is 9.59 Å². The molecule has 7 nitrogen and oxygen atoms in total. The Kier molecular flexibility index (Phi) is 8.33. The van der Waals surface area contributed by atoms with E-state index in [0.717, 1.165) is 17.0 Å². The van der Waals surface area contributed by atoms with E-state index in [1.165, 1.54) is 0 Å². The highest BCUT2D eigenvalue weighted by atomic mass is 16.5. The molecule has 0 radical (unpaired) electrons. The first-order valence-corrected chi connectivity index (χ1v) is 9.87. The summed E-state index contributed by atoms with van der Waals surface area (Å²) in [6.07, 6.45) is 0. The molecule has 3 N–H and O–H groups in total. The molecule has 2 aromatic carbocycles. The van der Waals surface area contributed by atoms with Crippen LogP contribution in [0.25, 0.3) is 0 Å². The van der Waals surface area contributed by atoms with E-state index in [0.29, 0.717) is 31.3 Å². The average molecular weight is 399 g/mol. The Labute approximate surface area is 172 Å². The van der Waals surface area contributed by atoms with Crippen molar-refractivity contribution in [2.24, 2.45) is 5.92 Å². The second-order valence-electron chi connectivity index (χ2n) is 6.61. The first-order valence-electron chi connectivity index (χ1n) is 9.87. The van der Waals surface area contributed by atoms with E-state index in [2.05, 4.69) is 16.0 Å². The summed E-state index contributed by atoms with van der Waals surface area (Å²) in [6, 6.07) is 14.6. The second-order valence-corrected chi connectivity index (χ2v) is 6.61. The third kappa shape index (κ3) is 6.71. The first-order chi connectivity index (χ1) is 14.0. The third-order valence-corrected chi connectivity index (χ3v) is 4.37. The molecule has 1 heterocycles. The Morgan fingerprint density at radius 3 is 2.10 bits per heavy atom. The molecular weight excluding hydrogens is 368 g/mol. The van der Waals surface area contributed by atoms with Gasteiger partial charge in [0, 0.05) is 37.4 Å². The topological polar surface area (TPSA) is 82.7 Å². The molecule has 3 rings (SSSR count). The number of anilines is 2. The Hall–Kier alpha value is -3.22. The van der Waals surface area contributed by atoms with Crippen molar-refractivity contribution in [2.45, 2.75) is 20.8 Å². The van der Waals surface area contributed by atoms with Crippen LogP contribution in [0.4, 0.5) is 21.0 Å². The number of aryl methyl sites for hydroxylation is 1. The van der Waals surface area contributed by atoms with Gasteiger partial charge in [0.15, 0.2) is 0 Å². The summed E-state index contributed by atoms with van der Waals surface area (Å²) in [6.45, 7) is 7.91. The molecule has 4 amide bonds. The van der Waals surface area contributed by atoms with E-state index < -0.39 is 0 Å². The van der Waals surface area contributed by atoms with Crippen LogP contribution in [0.3, 0.4) is 0 Å². The van der Waals surface area contributed by atoms with E-state index in [1.54, 1.807) is 24.1 Å². The predicted octanol–water partition coefficient (Wildman–Crippen LogP) is 4.32. The van der Waals surface area contributed by atoms with Crippen LogP contribution >= 0.6 is 0 Å². The summed E-state index contributed by atoms with van der Waals surface area (Å²) >= 11 is 0. The van der Waals surface area contributed by atoms with Crippen LogP contribution in [0.15, 0.2) is 48.5 Å². The molecule has 1 aliphatic rings. The molecule has 2 aromatic rings. The Bertz CT molecular complexity index is 785. The molecule has 0 unspecified atom stereocenters. The number of hydrogen-bond acceptors (Lipinski definition) is 3. The number of hydrogen-bond donors (Lipinski definition) is 3. The van der Waals surface area contributed by atoms with Crippen LogP contribution in [-0.4, -0.2) is 43.7 Å². The molecule has 0 aromatic heterocycles. The van der Waals surface area contributed by atoms with Gasteiger partial charge in [0.2, 0.25) is 0 Å². The summed E-state index contributed by atoms with van der Waals surface area (Å²) in [7, 11) is 1.57. The molecular formula is C22H30N4O3. The lowest BCUT2D eigenvalue weighted by atomic mass is 10.0. The number of carbonyl (C=O) groups excluding carboxylic acids is 2. The lowest BCUT2D eigenvalue weighted by Crippen LogP contribution is -2.53. The van der Waals surface area contributed by atoms with E-state index in [4.69, 9.17) is 4.74 Å². The fraction of sp³-hybridized carbons (Fsp3) is 0.364. The zero-order chi connectivity index (χ0) is 21.2. The van der Waals surface area contributed by atoms with Crippen LogP contribution in [0.1, 0.15) is 19.4 Å². The van der Waals surface area contributed by atoms with Crippen LogP contribution in [0.2, 0.25) is 0 Å². The molecule has 1 fully saturated rings. The van der Waals surface area contributed by atoms with E-state index in [-0.39, 0.29) is 12.1 Å². The van der Waals surface area contributed by atoms with Gasteiger partial charge in [0.25, 0.3) is 0 Å². The quantitative estimate of drug-likeness (QED) is 0.702. The lowest BCUT2D eigenvalue weighted by Gasteiger charge is -2.38. The van der Waals surface area contributed by atoms with E-state index >= 15 is 0 Å². The number of likely N-dealkylation sites (tertiary alicyclic amines) is 1. The number of amides is 4. The molecule has 0 bridgehead atoms. The molecule has 1 saturated heterocycles. The number of rotatable bonds is 5. The molecule has 0 atom stereocenters. The number of benzene rings is 2. The molecule has 1 aliphatic heterocycles. The van der Waals surface area contributed by atoms with E-state index in [1.807, 2.05) is 57.2 Å². The molecule has 156 valence electrons. The smallest absolute Gasteiger partial charge is 0.321 e. The monoisotopic (exact) mass is 398 g/mol. The fourth-order valence-corrected chi connectivity index (χ4v) is 2.72. The standard InChI is InChI=1S/C20H24N4O3.C2H6/c1-14-3-5-17(6-4-14)23-20(26)24-11-15(12-24)13-27-18-9-7-16(8-10-18)22-19(25)21-2;1-2/h3-10,15H,11-13H2,1-2H3,(H,23,26)(H2,21,22,25);1-2H3. The van der Waals surface area contributed by atoms with Crippen molar-refractivity contribution >= 4 is 23.4 Å². The Balaban J connectivity index is 0.00000145. The second kappa shape index (κ2) is 10.9. The SMILES string of the molecule is CC.CNC(=O)Nc1ccc(OCC2CN(C(=O)Nc3ccc(C)cc3)C2)cc1. The van der Waals surface area contributed by atoms with Crippen molar-refractivity contribution in [3.63, 3.8) is 0 Å².